The van der Waals surface area contributed by atoms with Crippen molar-refractivity contribution in [2.45, 2.75) is 44.3 Å². The van der Waals surface area contributed by atoms with Crippen LogP contribution in [0.4, 0.5) is 4.39 Å². The van der Waals surface area contributed by atoms with E-state index < -0.39 is 0 Å². The molecule has 80 valence electrons. The number of fused-ring (bicyclic) bond motifs is 2. The van der Waals surface area contributed by atoms with Crippen molar-refractivity contribution in [1.82, 2.24) is 9.88 Å². The van der Waals surface area contributed by atoms with Crippen LogP contribution < -0.4 is 0 Å². The number of aromatic nitrogens is 1. The summed E-state index contributed by atoms with van der Waals surface area (Å²) in [5, 5.41) is 0. The molecular weight excluding hydrogens is 191 g/mol. The van der Waals surface area contributed by atoms with Crippen molar-refractivity contribution in [3.8, 4) is 0 Å². The summed E-state index contributed by atoms with van der Waals surface area (Å²) in [6.07, 6.45) is 7.05. The van der Waals surface area contributed by atoms with E-state index in [1.165, 1.54) is 31.7 Å². The Labute approximate surface area is 89.1 Å². The Bertz CT molecular complexity index is 329. The molecule has 0 aromatic carbocycles. The molecule has 15 heavy (non-hydrogen) atoms. The van der Waals surface area contributed by atoms with E-state index in [-0.39, 0.29) is 5.95 Å². The highest BCUT2D eigenvalue weighted by Gasteiger charge is 2.38. The molecule has 1 aromatic rings. The third-order valence-electron chi connectivity index (χ3n) is 3.76. The fraction of sp³-hybridized carbons (Fsp3) is 0.583. The van der Waals surface area contributed by atoms with E-state index in [2.05, 4.69) is 9.88 Å². The van der Waals surface area contributed by atoms with Crippen LogP contribution in [0.15, 0.2) is 18.3 Å². The smallest absolute Gasteiger partial charge is 0.212 e. The summed E-state index contributed by atoms with van der Waals surface area (Å²) < 4.78 is 12.6. The van der Waals surface area contributed by atoms with Crippen LogP contribution in [0.25, 0.3) is 0 Å². The number of hydrogen-bond donors (Lipinski definition) is 0. The van der Waals surface area contributed by atoms with Gasteiger partial charge in [0.2, 0.25) is 5.95 Å². The lowest BCUT2D eigenvalue weighted by molar-refractivity contribution is 0.243. The number of rotatable bonds is 2. The van der Waals surface area contributed by atoms with Crippen molar-refractivity contribution in [2.75, 3.05) is 0 Å². The molecule has 2 saturated heterocycles. The molecule has 3 heteroatoms. The number of nitrogens with zero attached hydrogens (tertiary/aromatic N) is 2. The van der Waals surface area contributed by atoms with Gasteiger partial charge in [0, 0.05) is 24.8 Å². The predicted molar refractivity (Wildman–Crippen MR) is 55.8 cm³/mol. The van der Waals surface area contributed by atoms with Crippen molar-refractivity contribution in [1.29, 1.82) is 0 Å². The van der Waals surface area contributed by atoms with Crippen LogP contribution in [0.5, 0.6) is 0 Å². The molecule has 0 radical (unpaired) electrons. The van der Waals surface area contributed by atoms with Crippen molar-refractivity contribution in [2.24, 2.45) is 0 Å². The van der Waals surface area contributed by atoms with Gasteiger partial charge in [-0.25, -0.2) is 4.98 Å². The van der Waals surface area contributed by atoms with Crippen LogP contribution in [0.3, 0.4) is 0 Å². The molecule has 2 nitrogen and oxygen atoms in total. The SMILES string of the molecule is Fc1ccc(CN2C3CCC2CC3)cn1. The third-order valence-corrected chi connectivity index (χ3v) is 3.76. The summed E-state index contributed by atoms with van der Waals surface area (Å²) in [7, 11) is 0. The highest BCUT2D eigenvalue weighted by molar-refractivity contribution is 5.11. The van der Waals surface area contributed by atoms with E-state index in [1.54, 1.807) is 6.20 Å². The summed E-state index contributed by atoms with van der Waals surface area (Å²) in [6, 6.07) is 4.85. The first-order valence-corrected chi connectivity index (χ1v) is 5.69. The topological polar surface area (TPSA) is 16.1 Å². The lowest BCUT2D eigenvalue weighted by Gasteiger charge is -2.21. The van der Waals surface area contributed by atoms with Crippen LogP contribution in [-0.4, -0.2) is 22.0 Å². The molecule has 0 saturated carbocycles. The summed E-state index contributed by atoms with van der Waals surface area (Å²) in [4.78, 5) is 6.26. The van der Waals surface area contributed by atoms with Gasteiger partial charge in [0.05, 0.1) is 0 Å². The minimum Gasteiger partial charge on any atom is -0.293 e. The van der Waals surface area contributed by atoms with Gasteiger partial charge >= 0.3 is 0 Å². The van der Waals surface area contributed by atoms with Gasteiger partial charge < -0.3 is 0 Å². The highest BCUT2D eigenvalue weighted by Crippen LogP contribution is 2.38. The Balaban J connectivity index is 1.73. The number of hydrogen-bond acceptors (Lipinski definition) is 2. The Morgan fingerprint density at radius 1 is 1.20 bits per heavy atom. The van der Waals surface area contributed by atoms with Gasteiger partial charge in [-0.3, -0.25) is 4.90 Å². The number of pyridine rings is 1. The maximum absolute atomic E-state index is 12.6. The van der Waals surface area contributed by atoms with Crippen LogP contribution in [0.2, 0.25) is 0 Å². The first kappa shape index (κ1) is 9.28. The summed E-state index contributed by atoms with van der Waals surface area (Å²) in [6.45, 7) is 0.947. The van der Waals surface area contributed by atoms with Crippen LogP contribution in [0, 0.1) is 5.95 Å². The van der Waals surface area contributed by atoms with Crippen LogP contribution in [0.1, 0.15) is 31.2 Å². The summed E-state index contributed by atoms with van der Waals surface area (Å²) in [5.41, 5.74) is 1.13. The fourth-order valence-corrected chi connectivity index (χ4v) is 2.99. The molecular formula is C12H15FN2. The maximum Gasteiger partial charge on any atom is 0.212 e. The second-order valence-electron chi connectivity index (χ2n) is 4.62. The summed E-state index contributed by atoms with van der Waals surface area (Å²) >= 11 is 0. The Morgan fingerprint density at radius 3 is 2.40 bits per heavy atom. The normalized spacial score (nSPS) is 29.9. The van der Waals surface area contributed by atoms with E-state index in [0.717, 1.165) is 24.2 Å². The van der Waals surface area contributed by atoms with Crippen LogP contribution >= 0.6 is 0 Å². The molecule has 0 amide bonds. The minimum atomic E-state index is -0.386. The van der Waals surface area contributed by atoms with Gasteiger partial charge in [-0.15, -0.1) is 0 Å². The molecule has 1 aromatic heterocycles. The van der Waals surface area contributed by atoms with Gasteiger partial charge in [-0.1, -0.05) is 6.07 Å². The molecule has 0 spiro atoms. The zero-order valence-electron chi connectivity index (χ0n) is 8.69. The molecule has 0 atom stereocenters. The molecule has 2 bridgehead atoms. The minimum absolute atomic E-state index is 0.386. The molecule has 0 aliphatic carbocycles. The van der Waals surface area contributed by atoms with E-state index in [4.69, 9.17) is 0 Å². The lowest BCUT2D eigenvalue weighted by Crippen LogP contribution is -2.27. The van der Waals surface area contributed by atoms with Gasteiger partial charge in [0.1, 0.15) is 0 Å². The van der Waals surface area contributed by atoms with Gasteiger partial charge in [0.25, 0.3) is 0 Å². The molecule has 3 rings (SSSR count). The van der Waals surface area contributed by atoms with Crippen molar-refractivity contribution < 1.29 is 4.39 Å². The van der Waals surface area contributed by atoms with E-state index in [1.807, 2.05) is 6.07 Å². The molecule has 0 unspecified atom stereocenters. The average molecular weight is 206 g/mol. The quantitative estimate of drug-likeness (QED) is 0.690. The first-order valence-electron chi connectivity index (χ1n) is 5.69. The van der Waals surface area contributed by atoms with E-state index >= 15 is 0 Å². The lowest BCUT2D eigenvalue weighted by atomic mass is 10.0. The Hall–Kier alpha value is -0.960. The second kappa shape index (κ2) is 3.56. The largest absolute Gasteiger partial charge is 0.293 e. The maximum atomic E-state index is 12.6. The Kier molecular flexibility index (Phi) is 2.20. The third kappa shape index (κ3) is 1.65. The first-order chi connectivity index (χ1) is 7.33. The fourth-order valence-electron chi connectivity index (χ4n) is 2.99. The molecule has 2 aliphatic heterocycles. The number of halogens is 1. The van der Waals surface area contributed by atoms with Crippen molar-refractivity contribution in [3.05, 3.63) is 29.8 Å². The van der Waals surface area contributed by atoms with Crippen LogP contribution in [-0.2, 0) is 6.54 Å². The van der Waals surface area contributed by atoms with Crippen molar-refractivity contribution >= 4 is 0 Å². The second-order valence-corrected chi connectivity index (χ2v) is 4.62. The molecule has 2 fully saturated rings. The molecule has 0 N–H and O–H groups in total. The van der Waals surface area contributed by atoms with E-state index in [0.29, 0.717) is 0 Å². The van der Waals surface area contributed by atoms with Gasteiger partial charge in [-0.05, 0) is 37.3 Å². The monoisotopic (exact) mass is 206 g/mol. The summed E-state index contributed by atoms with van der Waals surface area (Å²) in [5.74, 6) is -0.386. The zero-order chi connectivity index (χ0) is 10.3. The molecule has 2 aliphatic rings. The zero-order valence-corrected chi connectivity index (χ0v) is 8.69. The van der Waals surface area contributed by atoms with Crippen molar-refractivity contribution in [3.63, 3.8) is 0 Å². The predicted octanol–water partition coefficient (Wildman–Crippen LogP) is 2.35. The highest BCUT2D eigenvalue weighted by atomic mass is 19.1. The Morgan fingerprint density at radius 2 is 1.87 bits per heavy atom. The standard InChI is InChI=1S/C12H15FN2/c13-12-6-1-9(7-14-12)8-15-10-2-3-11(15)5-4-10/h1,6-7,10-11H,2-5,8H2. The van der Waals surface area contributed by atoms with Gasteiger partial charge in [-0.2, -0.15) is 4.39 Å². The van der Waals surface area contributed by atoms with Gasteiger partial charge in [0.15, 0.2) is 0 Å². The molecule has 3 heterocycles. The average Bonchev–Trinajstić information content (AvgIpc) is 2.81. The van der Waals surface area contributed by atoms with E-state index in [9.17, 15) is 4.39 Å².